The Balaban J connectivity index is 2.64. The molecule has 8 heteroatoms. The Morgan fingerprint density at radius 3 is 1.25 bits per heavy atom. The minimum absolute atomic E-state index is 0.167. The largest absolute Gasteiger partial charge is 0.507 e. The van der Waals surface area contributed by atoms with Gasteiger partial charge in [0.25, 0.3) is 0 Å². The number of aliphatic hydroxyl groups is 2. The third kappa shape index (κ3) is 24.6. The summed E-state index contributed by atoms with van der Waals surface area (Å²) in [6, 6.07) is 4.41. The zero-order valence-corrected chi connectivity index (χ0v) is 40.0. The summed E-state index contributed by atoms with van der Waals surface area (Å²) >= 11 is 0. The molecule has 7 N–H and O–H groups in total. The Hall–Kier alpha value is -1.26. The standard InChI is InChI=1S/C49H97N5O3/c1-15-36(3)25-38(5)27-40(7)29-43(55)33-52-20-19-50-17-18-51-21-23-54(24-22-53-34-44(56)30-41(8)28-39(6)26-37(4)16-2)35-42-31-45(48(9,10)11)47(57)46(32-42)49(12,13)14/h31-32,36-41,43-44,50-53,55-57H,15-30,33-35H2,1-14H3. The number of aliphatic hydroxyl groups excluding tert-OH is 2. The first kappa shape index (κ1) is 53.8. The second kappa shape index (κ2) is 28.3. The van der Waals surface area contributed by atoms with Gasteiger partial charge in [-0.3, -0.25) is 4.90 Å². The molecule has 8 unspecified atom stereocenters. The first-order valence-corrected chi connectivity index (χ1v) is 23.4. The molecule has 0 saturated carbocycles. The van der Waals surface area contributed by atoms with Crippen LogP contribution in [0.3, 0.4) is 0 Å². The van der Waals surface area contributed by atoms with Crippen molar-refractivity contribution in [2.45, 2.75) is 178 Å². The van der Waals surface area contributed by atoms with Gasteiger partial charge in [0.1, 0.15) is 5.75 Å². The van der Waals surface area contributed by atoms with E-state index in [1.165, 1.54) is 44.1 Å². The van der Waals surface area contributed by atoms with Crippen LogP contribution < -0.4 is 21.3 Å². The van der Waals surface area contributed by atoms with Crippen LogP contribution in [-0.2, 0) is 17.4 Å². The molecule has 1 rings (SSSR count). The van der Waals surface area contributed by atoms with Crippen LogP contribution >= 0.6 is 0 Å². The average molecular weight is 804 g/mol. The Morgan fingerprint density at radius 2 is 0.842 bits per heavy atom. The van der Waals surface area contributed by atoms with Crippen molar-refractivity contribution in [2.75, 3.05) is 65.4 Å². The summed E-state index contributed by atoms with van der Waals surface area (Å²) in [5.74, 6) is 4.46. The van der Waals surface area contributed by atoms with Crippen LogP contribution in [0.25, 0.3) is 0 Å². The summed E-state index contributed by atoms with van der Waals surface area (Å²) < 4.78 is 0. The second-order valence-electron chi connectivity index (χ2n) is 20.9. The molecule has 0 spiro atoms. The molecular formula is C49H97N5O3. The van der Waals surface area contributed by atoms with E-state index in [0.29, 0.717) is 36.6 Å². The van der Waals surface area contributed by atoms with Crippen molar-refractivity contribution in [1.29, 1.82) is 0 Å². The number of nitrogens with zero attached hydrogens (tertiary/aromatic N) is 1. The fraction of sp³-hybridized carbons (Fsp3) is 0.878. The van der Waals surface area contributed by atoms with E-state index in [4.69, 9.17) is 0 Å². The monoisotopic (exact) mass is 804 g/mol. The van der Waals surface area contributed by atoms with Gasteiger partial charge in [0, 0.05) is 72.0 Å². The molecule has 1 aromatic carbocycles. The van der Waals surface area contributed by atoms with Gasteiger partial charge in [-0.15, -0.1) is 0 Å². The maximum absolute atomic E-state index is 11.3. The van der Waals surface area contributed by atoms with Gasteiger partial charge < -0.3 is 36.6 Å². The summed E-state index contributed by atoms with van der Waals surface area (Å²) in [6.45, 7) is 40.6. The van der Waals surface area contributed by atoms with E-state index in [-0.39, 0.29) is 23.0 Å². The molecule has 0 aromatic heterocycles. The molecular weight excluding hydrogens is 707 g/mol. The van der Waals surface area contributed by atoms with Gasteiger partial charge in [-0.1, -0.05) is 122 Å². The molecule has 0 bridgehead atoms. The van der Waals surface area contributed by atoms with E-state index in [1.54, 1.807) is 0 Å². The van der Waals surface area contributed by atoms with Gasteiger partial charge in [0.2, 0.25) is 0 Å². The van der Waals surface area contributed by atoms with Crippen molar-refractivity contribution in [3.8, 4) is 5.75 Å². The van der Waals surface area contributed by atoms with Crippen LogP contribution in [0, 0.1) is 35.5 Å². The lowest BCUT2D eigenvalue weighted by molar-refractivity contribution is 0.134. The SMILES string of the molecule is CCC(C)CC(C)CC(C)CC(O)CNCCNCCNCCN(CCNCC(O)CC(C)CC(C)CC(C)CC)Cc1cc(C(C)(C)C)c(O)c(C(C)(C)C)c1. The zero-order chi connectivity index (χ0) is 43.2. The molecule has 0 fully saturated rings. The minimum Gasteiger partial charge on any atom is -0.507 e. The smallest absolute Gasteiger partial charge is 0.123 e. The highest BCUT2D eigenvalue weighted by Crippen LogP contribution is 2.40. The predicted molar refractivity (Wildman–Crippen MR) is 248 cm³/mol. The second-order valence-corrected chi connectivity index (χ2v) is 20.9. The maximum Gasteiger partial charge on any atom is 0.123 e. The zero-order valence-electron chi connectivity index (χ0n) is 40.0. The number of phenols is 1. The third-order valence-electron chi connectivity index (χ3n) is 12.1. The quantitative estimate of drug-likeness (QED) is 0.0362. The van der Waals surface area contributed by atoms with Crippen LogP contribution in [0.2, 0.25) is 0 Å². The van der Waals surface area contributed by atoms with Crippen molar-refractivity contribution in [2.24, 2.45) is 35.5 Å². The summed E-state index contributed by atoms with van der Waals surface area (Å²) in [7, 11) is 0. The molecule has 0 saturated heterocycles. The molecule has 57 heavy (non-hydrogen) atoms. The molecule has 0 radical (unpaired) electrons. The fourth-order valence-electron chi connectivity index (χ4n) is 8.63. The lowest BCUT2D eigenvalue weighted by atomic mass is 9.78. The van der Waals surface area contributed by atoms with E-state index in [2.05, 4.69) is 135 Å². The average Bonchev–Trinajstić information content (AvgIpc) is 3.09. The Labute approximate surface area is 353 Å². The minimum atomic E-state index is -0.332. The highest BCUT2D eigenvalue weighted by Gasteiger charge is 2.27. The summed E-state index contributed by atoms with van der Waals surface area (Å²) in [6.07, 6.45) is 8.50. The van der Waals surface area contributed by atoms with E-state index >= 15 is 0 Å². The number of benzene rings is 1. The molecule has 0 aliphatic carbocycles. The normalized spacial score (nSPS) is 17.0. The number of phenolic OH excluding ortho intramolecular Hbond substituents is 1. The fourth-order valence-corrected chi connectivity index (χ4v) is 8.63. The maximum atomic E-state index is 11.3. The molecule has 8 nitrogen and oxygen atoms in total. The Kier molecular flexibility index (Phi) is 26.7. The molecule has 336 valence electrons. The highest BCUT2D eigenvalue weighted by molar-refractivity contribution is 5.49. The van der Waals surface area contributed by atoms with E-state index < -0.39 is 0 Å². The lowest BCUT2D eigenvalue weighted by Crippen LogP contribution is -2.40. The molecule has 0 aliphatic rings. The van der Waals surface area contributed by atoms with Crippen molar-refractivity contribution < 1.29 is 15.3 Å². The first-order chi connectivity index (χ1) is 26.7. The van der Waals surface area contributed by atoms with Crippen LogP contribution in [-0.4, -0.2) is 97.9 Å². The predicted octanol–water partition coefficient (Wildman–Crippen LogP) is 8.85. The molecule has 0 aliphatic heterocycles. The van der Waals surface area contributed by atoms with Crippen molar-refractivity contribution in [1.82, 2.24) is 26.2 Å². The van der Waals surface area contributed by atoms with Gasteiger partial charge in [-0.25, -0.2) is 0 Å². The van der Waals surface area contributed by atoms with E-state index in [9.17, 15) is 15.3 Å². The first-order valence-electron chi connectivity index (χ1n) is 23.4. The third-order valence-corrected chi connectivity index (χ3v) is 12.1. The van der Waals surface area contributed by atoms with Gasteiger partial charge in [0.15, 0.2) is 0 Å². The topological polar surface area (TPSA) is 112 Å². The molecule has 1 aromatic rings. The van der Waals surface area contributed by atoms with Gasteiger partial charge in [0.05, 0.1) is 12.2 Å². The van der Waals surface area contributed by atoms with Crippen molar-refractivity contribution in [3.05, 3.63) is 28.8 Å². The summed E-state index contributed by atoms with van der Waals surface area (Å²) in [5.41, 5.74) is 2.90. The number of hydrogen-bond acceptors (Lipinski definition) is 8. The number of rotatable bonds is 32. The molecule has 0 heterocycles. The number of aromatic hydroxyl groups is 1. The van der Waals surface area contributed by atoms with E-state index in [1.807, 2.05) is 0 Å². The number of hydrogen-bond donors (Lipinski definition) is 7. The summed E-state index contributed by atoms with van der Waals surface area (Å²) in [5, 5.41) is 46.9. The van der Waals surface area contributed by atoms with Crippen LogP contribution in [0.5, 0.6) is 5.75 Å². The Morgan fingerprint density at radius 1 is 0.509 bits per heavy atom. The van der Waals surface area contributed by atoms with Crippen molar-refractivity contribution in [3.63, 3.8) is 0 Å². The van der Waals surface area contributed by atoms with Crippen LogP contribution in [0.1, 0.15) is 165 Å². The molecule has 0 amide bonds. The van der Waals surface area contributed by atoms with Gasteiger partial charge >= 0.3 is 0 Å². The lowest BCUT2D eigenvalue weighted by Gasteiger charge is -2.30. The Bertz CT molecular complexity index is 1130. The summed E-state index contributed by atoms with van der Waals surface area (Å²) in [4.78, 5) is 2.49. The van der Waals surface area contributed by atoms with Crippen LogP contribution in [0.15, 0.2) is 12.1 Å². The van der Waals surface area contributed by atoms with E-state index in [0.717, 1.165) is 101 Å². The van der Waals surface area contributed by atoms with Gasteiger partial charge in [-0.05, 0) is 102 Å². The number of nitrogens with one attached hydrogen (secondary N) is 4. The molecule has 8 atom stereocenters. The van der Waals surface area contributed by atoms with Crippen LogP contribution in [0.4, 0.5) is 0 Å². The van der Waals surface area contributed by atoms with Gasteiger partial charge in [-0.2, -0.15) is 0 Å². The van der Waals surface area contributed by atoms with Crippen molar-refractivity contribution >= 4 is 0 Å². The highest BCUT2D eigenvalue weighted by atomic mass is 16.3.